The summed E-state index contributed by atoms with van der Waals surface area (Å²) in [5.41, 5.74) is 0.532. The zero-order valence-corrected chi connectivity index (χ0v) is 10.6. The predicted octanol–water partition coefficient (Wildman–Crippen LogP) is 0.881. The fourth-order valence-electron chi connectivity index (χ4n) is 2.47. The molecule has 4 nitrogen and oxygen atoms in total. The van der Waals surface area contributed by atoms with E-state index in [2.05, 4.69) is 49.1 Å². The molecule has 0 aromatic carbocycles. The standard InChI is InChI=1S/C10H13IN4/c11-8-1-2-9(14-13-8)15-6-10(7-15)3-4-12-5-10/h1-2,12H,3-7H2. The van der Waals surface area contributed by atoms with Crippen molar-refractivity contribution < 1.29 is 0 Å². The van der Waals surface area contributed by atoms with Crippen LogP contribution in [0.5, 0.6) is 0 Å². The molecule has 2 saturated heterocycles. The van der Waals surface area contributed by atoms with Gasteiger partial charge in [0.15, 0.2) is 5.82 Å². The molecule has 1 aromatic rings. The Kier molecular flexibility index (Phi) is 2.31. The summed E-state index contributed by atoms with van der Waals surface area (Å²) in [6, 6.07) is 4.07. The van der Waals surface area contributed by atoms with Crippen molar-refractivity contribution in [3.8, 4) is 0 Å². The largest absolute Gasteiger partial charge is 0.354 e. The van der Waals surface area contributed by atoms with Gasteiger partial charge in [0.25, 0.3) is 0 Å². The lowest BCUT2D eigenvalue weighted by atomic mass is 9.79. The SMILES string of the molecule is Ic1ccc(N2CC3(CCNC3)C2)nn1. The second-order valence-electron chi connectivity index (χ2n) is 4.50. The number of hydrogen-bond donors (Lipinski definition) is 1. The molecule has 0 amide bonds. The van der Waals surface area contributed by atoms with Crippen LogP contribution in [-0.4, -0.2) is 36.4 Å². The molecule has 2 fully saturated rings. The van der Waals surface area contributed by atoms with Gasteiger partial charge in [-0.15, -0.1) is 10.2 Å². The third kappa shape index (κ3) is 1.71. The quantitative estimate of drug-likeness (QED) is 0.781. The van der Waals surface area contributed by atoms with Crippen LogP contribution in [0.15, 0.2) is 12.1 Å². The first-order valence-corrected chi connectivity index (χ1v) is 6.30. The molecule has 80 valence electrons. The lowest BCUT2D eigenvalue weighted by Crippen LogP contribution is -2.57. The summed E-state index contributed by atoms with van der Waals surface area (Å²) in [7, 11) is 0. The van der Waals surface area contributed by atoms with Gasteiger partial charge in [-0.3, -0.25) is 0 Å². The van der Waals surface area contributed by atoms with E-state index in [1.54, 1.807) is 0 Å². The maximum atomic E-state index is 4.20. The normalized spacial score (nSPS) is 23.1. The van der Waals surface area contributed by atoms with Crippen molar-refractivity contribution in [3.63, 3.8) is 0 Å². The van der Waals surface area contributed by atoms with Crippen LogP contribution in [0.4, 0.5) is 5.82 Å². The predicted molar refractivity (Wildman–Crippen MR) is 66.9 cm³/mol. The molecule has 0 saturated carbocycles. The van der Waals surface area contributed by atoms with Gasteiger partial charge in [-0.05, 0) is 47.7 Å². The summed E-state index contributed by atoms with van der Waals surface area (Å²) in [6.07, 6.45) is 1.31. The van der Waals surface area contributed by atoms with Crippen LogP contribution >= 0.6 is 22.6 Å². The number of rotatable bonds is 1. The molecule has 1 aromatic heterocycles. The molecule has 1 spiro atoms. The summed E-state index contributed by atoms with van der Waals surface area (Å²) < 4.78 is 0.953. The highest BCUT2D eigenvalue weighted by Crippen LogP contribution is 2.37. The van der Waals surface area contributed by atoms with Gasteiger partial charge in [0.2, 0.25) is 0 Å². The zero-order valence-electron chi connectivity index (χ0n) is 8.41. The Labute approximate surface area is 103 Å². The monoisotopic (exact) mass is 316 g/mol. The Morgan fingerprint density at radius 3 is 2.80 bits per heavy atom. The molecule has 0 bridgehead atoms. The van der Waals surface area contributed by atoms with Crippen molar-refractivity contribution >= 4 is 28.4 Å². The summed E-state index contributed by atoms with van der Waals surface area (Å²) in [5, 5.41) is 11.7. The van der Waals surface area contributed by atoms with E-state index in [1.807, 2.05) is 6.07 Å². The van der Waals surface area contributed by atoms with Crippen LogP contribution in [0.25, 0.3) is 0 Å². The van der Waals surface area contributed by atoms with Crippen molar-refractivity contribution in [2.24, 2.45) is 5.41 Å². The maximum Gasteiger partial charge on any atom is 0.151 e. The lowest BCUT2D eigenvalue weighted by molar-refractivity contribution is 0.241. The Hall–Kier alpha value is -0.430. The van der Waals surface area contributed by atoms with Gasteiger partial charge in [0.05, 0.1) is 0 Å². The molecule has 5 heteroatoms. The molecule has 0 unspecified atom stereocenters. The Balaban J connectivity index is 1.69. The lowest BCUT2D eigenvalue weighted by Gasteiger charge is -2.48. The smallest absolute Gasteiger partial charge is 0.151 e. The molecule has 2 aliphatic heterocycles. The van der Waals surface area contributed by atoms with Crippen molar-refractivity contribution in [1.29, 1.82) is 0 Å². The first-order chi connectivity index (χ1) is 7.27. The van der Waals surface area contributed by atoms with Gasteiger partial charge >= 0.3 is 0 Å². The molecule has 0 aliphatic carbocycles. The molecular weight excluding hydrogens is 303 g/mol. The van der Waals surface area contributed by atoms with Gasteiger partial charge in [-0.25, -0.2) is 0 Å². The van der Waals surface area contributed by atoms with E-state index in [0.717, 1.165) is 22.6 Å². The van der Waals surface area contributed by atoms with E-state index < -0.39 is 0 Å². The molecule has 3 rings (SSSR count). The first kappa shape index (κ1) is 9.77. The van der Waals surface area contributed by atoms with Crippen LogP contribution in [0.2, 0.25) is 0 Å². The van der Waals surface area contributed by atoms with E-state index in [0.29, 0.717) is 5.41 Å². The summed E-state index contributed by atoms with van der Waals surface area (Å²) in [5.74, 6) is 1.02. The molecule has 1 N–H and O–H groups in total. The topological polar surface area (TPSA) is 41.0 Å². The molecular formula is C10H13IN4. The minimum absolute atomic E-state index is 0.532. The fraction of sp³-hybridized carbons (Fsp3) is 0.600. The van der Waals surface area contributed by atoms with Crippen LogP contribution < -0.4 is 10.2 Å². The molecule has 0 atom stereocenters. The summed E-state index contributed by atoms with van der Waals surface area (Å²) in [6.45, 7) is 4.61. The van der Waals surface area contributed by atoms with E-state index >= 15 is 0 Å². The third-order valence-electron chi connectivity index (χ3n) is 3.33. The summed E-state index contributed by atoms with van der Waals surface area (Å²) in [4.78, 5) is 2.32. The third-order valence-corrected chi connectivity index (χ3v) is 3.90. The van der Waals surface area contributed by atoms with Crippen LogP contribution in [0.3, 0.4) is 0 Å². The van der Waals surface area contributed by atoms with Gasteiger partial charge in [-0.2, -0.15) is 0 Å². The average Bonchev–Trinajstić information content (AvgIpc) is 2.66. The van der Waals surface area contributed by atoms with Crippen molar-refractivity contribution in [1.82, 2.24) is 15.5 Å². The fourth-order valence-corrected chi connectivity index (χ4v) is 2.76. The number of hydrogen-bond acceptors (Lipinski definition) is 4. The van der Waals surface area contributed by atoms with Gasteiger partial charge in [-0.1, -0.05) is 0 Å². The average molecular weight is 316 g/mol. The number of nitrogens with zero attached hydrogens (tertiary/aromatic N) is 3. The van der Waals surface area contributed by atoms with Gasteiger partial charge < -0.3 is 10.2 Å². The van der Waals surface area contributed by atoms with Crippen molar-refractivity contribution in [3.05, 3.63) is 15.8 Å². The molecule has 0 radical (unpaired) electrons. The van der Waals surface area contributed by atoms with Crippen LogP contribution in [0.1, 0.15) is 6.42 Å². The van der Waals surface area contributed by atoms with E-state index in [9.17, 15) is 0 Å². The highest BCUT2D eigenvalue weighted by atomic mass is 127. The van der Waals surface area contributed by atoms with Crippen LogP contribution in [-0.2, 0) is 0 Å². The maximum absolute atomic E-state index is 4.20. The number of anilines is 1. The Morgan fingerprint density at radius 1 is 1.33 bits per heavy atom. The Morgan fingerprint density at radius 2 is 2.20 bits per heavy atom. The van der Waals surface area contributed by atoms with Gasteiger partial charge in [0.1, 0.15) is 3.70 Å². The molecule has 2 aliphatic rings. The highest BCUT2D eigenvalue weighted by molar-refractivity contribution is 14.1. The minimum Gasteiger partial charge on any atom is -0.354 e. The van der Waals surface area contributed by atoms with Gasteiger partial charge in [0, 0.05) is 25.0 Å². The van der Waals surface area contributed by atoms with Crippen molar-refractivity contribution in [2.75, 3.05) is 31.1 Å². The highest BCUT2D eigenvalue weighted by Gasteiger charge is 2.45. The molecule has 3 heterocycles. The summed E-state index contributed by atoms with van der Waals surface area (Å²) >= 11 is 2.18. The first-order valence-electron chi connectivity index (χ1n) is 5.22. The second-order valence-corrected chi connectivity index (χ2v) is 5.60. The number of aromatic nitrogens is 2. The van der Waals surface area contributed by atoms with E-state index in [1.165, 1.54) is 19.5 Å². The van der Waals surface area contributed by atoms with Crippen molar-refractivity contribution in [2.45, 2.75) is 6.42 Å². The zero-order chi connectivity index (χ0) is 10.3. The van der Waals surface area contributed by atoms with E-state index in [4.69, 9.17) is 0 Å². The minimum atomic E-state index is 0.532. The number of nitrogens with one attached hydrogen (secondary N) is 1. The second kappa shape index (κ2) is 3.55. The van der Waals surface area contributed by atoms with E-state index in [-0.39, 0.29) is 0 Å². The number of halogens is 1. The molecule has 15 heavy (non-hydrogen) atoms. The van der Waals surface area contributed by atoms with Crippen LogP contribution in [0, 0.1) is 9.12 Å². The Bertz CT molecular complexity index is 350.